The normalized spacial score (nSPS) is 11.0. The Kier molecular flexibility index (Phi) is 7.39. The molecule has 0 saturated heterocycles. The van der Waals surface area contributed by atoms with Crippen molar-refractivity contribution in [1.29, 1.82) is 0 Å². The summed E-state index contributed by atoms with van der Waals surface area (Å²) >= 11 is 5.95. The standard InChI is InChI=1S/C15H20ClN3O3/c1-4-5-6-10(2)18-19-15(21)14(20)17-11-7-8-13(22-3)12(16)9-11/h7-9H,4-6H2,1-3H3,(H,17,20)(H,19,21)/b18-10-. The fraction of sp³-hybridized carbons (Fsp3) is 0.400. The number of halogens is 1. The van der Waals surface area contributed by atoms with Crippen molar-refractivity contribution in [3.05, 3.63) is 23.2 Å². The van der Waals surface area contributed by atoms with E-state index in [0.717, 1.165) is 25.0 Å². The van der Waals surface area contributed by atoms with E-state index in [1.54, 1.807) is 19.1 Å². The van der Waals surface area contributed by atoms with Crippen molar-refractivity contribution >= 4 is 34.8 Å². The number of carbonyl (C=O) groups excluding carboxylic acids is 2. The van der Waals surface area contributed by atoms with Gasteiger partial charge in [-0.3, -0.25) is 9.59 Å². The van der Waals surface area contributed by atoms with Gasteiger partial charge in [0, 0.05) is 11.4 Å². The maximum atomic E-state index is 11.7. The highest BCUT2D eigenvalue weighted by molar-refractivity contribution is 6.40. The smallest absolute Gasteiger partial charge is 0.329 e. The Labute approximate surface area is 134 Å². The summed E-state index contributed by atoms with van der Waals surface area (Å²) < 4.78 is 5.01. The fourth-order valence-corrected chi connectivity index (χ4v) is 1.88. The van der Waals surface area contributed by atoms with E-state index in [2.05, 4.69) is 22.8 Å². The molecular formula is C15H20ClN3O3. The molecule has 0 aliphatic carbocycles. The van der Waals surface area contributed by atoms with E-state index >= 15 is 0 Å². The van der Waals surface area contributed by atoms with Crippen molar-refractivity contribution in [1.82, 2.24) is 5.43 Å². The van der Waals surface area contributed by atoms with Crippen LogP contribution in [0.2, 0.25) is 5.02 Å². The second kappa shape index (κ2) is 9.04. The van der Waals surface area contributed by atoms with E-state index in [4.69, 9.17) is 16.3 Å². The van der Waals surface area contributed by atoms with Crippen molar-refractivity contribution in [3.8, 4) is 5.75 Å². The number of anilines is 1. The van der Waals surface area contributed by atoms with Crippen molar-refractivity contribution in [2.45, 2.75) is 33.1 Å². The molecule has 0 radical (unpaired) electrons. The van der Waals surface area contributed by atoms with Gasteiger partial charge in [0.15, 0.2) is 0 Å². The van der Waals surface area contributed by atoms with E-state index in [0.29, 0.717) is 16.5 Å². The molecule has 1 aromatic carbocycles. The minimum Gasteiger partial charge on any atom is -0.495 e. The lowest BCUT2D eigenvalue weighted by Gasteiger charge is -2.07. The van der Waals surface area contributed by atoms with Crippen molar-refractivity contribution < 1.29 is 14.3 Å². The Morgan fingerprint density at radius 1 is 1.32 bits per heavy atom. The molecule has 2 N–H and O–H groups in total. The maximum absolute atomic E-state index is 11.7. The summed E-state index contributed by atoms with van der Waals surface area (Å²) in [7, 11) is 1.49. The van der Waals surface area contributed by atoms with Crippen LogP contribution in [0.5, 0.6) is 5.75 Å². The summed E-state index contributed by atoms with van der Waals surface area (Å²) in [6.45, 7) is 3.87. The van der Waals surface area contributed by atoms with Crippen molar-refractivity contribution in [2.24, 2.45) is 5.10 Å². The third kappa shape index (κ3) is 5.73. The van der Waals surface area contributed by atoms with E-state index in [1.807, 2.05) is 0 Å². The van der Waals surface area contributed by atoms with Crippen LogP contribution in [0.25, 0.3) is 0 Å². The van der Waals surface area contributed by atoms with Gasteiger partial charge >= 0.3 is 11.8 Å². The first kappa shape index (κ1) is 18.0. The van der Waals surface area contributed by atoms with Crippen LogP contribution in [0.3, 0.4) is 0 Å². The van der Waals surface area contributed by atoms with Crippen LogP contribution in [0.15, 0.2) is 23.3 Å². The van der Waals surface area contributed by atoms with Crippen molar-refractivity contribution in [3.63, 3.8) is 0 Å². The largest absolute Gasteiger partial charge is 0.495 e. The molecule has 6 nitrogen and oxygen atoms in total. The molecule has 0 heterocycles. The highest BCUT2D eigenvalue weighted by Crippen LogP contribution is 2.27. The highest BCUT2D eigenvalue weighted by atomic mass is 35.5. The Bertz CT molecular complexity index is 573. The number of hydrogen-bond acceptors (Lipinski definition) is 4. The van der Waals surface area contributed by atoms with Gasteiger partial charge in [0.1, 0.15) is 5.75 Å². The molecule has 0 aliphatic heterocycles. The zero-order valence-corrected chi connectivity index (χ0v) is 13.7. The highest BCUT2D eigenvalue weighted by Gasteiger charge is 2.14. The first-order valence-corrected chi connectivity index (χ1v) is 7.33. The molecule has 7 heteroatoms. The summed E-state index contributed by atoms with van der Waals surface area (Å²) in [5.41, 5.74) is 3.40. The topological polar surface area (TPSA) is 79.8 Å². The number of methoxy groups -OCH3 is 1. The molecule has 2 amide bonds. The van der Waals surface area contributed by atoms with Crippen LogP contribution in [-0.2, 0) is 9.59 Å². The quantitative estimate of drug-likeness (QED) is 0.479. The first-order chi connectivity index (χ1) is 10.5. The van der Waals surface area contributed by atoms with Gasteiger partial charge in [0.2, 0.25) is 0 Å². The maximum Gasteiger partial charge on any atom is 0.329 e. The number of ether oxygens (including phenoxy) is 1. The van der Waals surface area contributed by atoms with E-state index in [9.17, 15) is 9.59 Å². The van der Waals surface area contributed by atoms with E-state index in [-0.39, 0.29) is 0 Å². The number of carbonyl (C=O) groups is 2. The van der Waals surface area contributed by atoms with Gasteiger partial charge in [-0.15, -0.1) is 0 Å². The number of nitrogens with zero attached hydrogens (tertiary/aromatic N) is 1. The van der Waals surface area contributed by atoms with Crippen LogP contribution < -0.4 is 15.5 Å². The molecule has 22 heavy (non-hydrogen) atoms. The summed E-state index contributed by atoms with van der Waals surface area (Å²) in [6, 6.07) is 4.69. The van der Waals surface area contributed by atoms with E-state index in [1.165, 1.54) is 13.2 Å². The molecule has 1 rings (SSSR count). The minimum atomic E-state index is -0.831. The lowest BCUT2D eigenvalue weighted by Crippen LogP contribution is -2.32. The zero-order valence-electron chi connectivity index (χ0n) is 12.9. The van der Waals surface area contributed by atoms with Gasteiger partial charge in [0.05, 0.1) is 12.1 Å². The fourth-order valence-electron chi connectivity index (χ4n) is 1.62. The molecule has 0 aliphatic rings. The lowest BCUT2D eigenvalue weighted by atomic mass is 10.2. The van der Waals surface area contributed by atoms with Crippen LogP contribution in [0, 0.1) is 0 Å². The second-order valence-electron chi connectivity index (χ2n) is 4.70. The predicted octanol–water partition coefficient (Wildman–Crippen LogP) is 2.97. The third-order valence-corrected chi connectivity index (χ3v) is 3.15. The van der Waals surface area contributed by atoms with Crippen LogP contribution in [0.1, 0.15) is 33.1 Å². The number of nitrogens with one attached hydrogen (secondary N) is 2. The summed E-state index contributed by atoms with van der Waals surface area (Å²) in [5.74, 6) is -1.16. The summed E-state index contributed by atoms with van der Waals surface area (Å²) in [6.07, 6.45) is 2.81. The first-order valence-electron chi connectivity index (χ1n) is 6.96. The number of amides is 2. The molecule has 0 atom stereocenters. The molecular weight excluding hydrogens is 306 g/mol. The van der Waals surface area contributed by atoms with Gasteiger partial charge in [-0.05, 0) is 38.0 Å². The van der Waals surface area contributed by atoms with Crippen LogP contribution in [-0.4, -0.2) is 24.6 Å². The van der Waals surface area contributed by atoms with Crippen molar-refractivity contribution in [2.75, 3.05) is 12.4 Å². The lowest BCUT2D eigenvalue weighted by molar-refractivity contribution is -0.136. The number of unbranched alkanes of at least 4 members (excludes halogenated alkanes) is 1. The second-order valence-corrected chi connectivity index (χ2v) is 5.10. The molecule has 120 valence electrons. The molecule has 0 aromatic heterocycles. The Balaban J connectivity index is 2.57. The monoisotopic (exact) mass is 325 g/mol. The molecule has 1 aromatic rings. The van der Waals surface area contributed by atoms with E-state index < -0.39 is 11.8 Å². The number of benzene rings is 1. The Morgan fingerprint density at radius 2 is 2.05 bits per heavy atom. The molecule has 0 saturated carbocycles. The van der Waals surface area contributed by atoms with Crippen LogP contribution in [0.4, 0.5) is 5.69 Å². The average Bonchev–Trinajstić information content (AvgIpc) is 2.50. The Hall–Kier alpha value is -2.08. The zero-order chi connectivity index (χ0) is 16.5. The van der Waals surface area contributed by atoms with Crippen LogP contribution >= 0.6 is 11.6 Å². The Morgan fingerprint density at radius 3 is 2.64 bits per heavy atom. The number of hydrazone groups is 1. The summed E-state index contributed by atoms with van der Waals surface area (Å²) in [5, 5.41) is 6.66. The number of hydrogen-bond donors (Lipinski definition) is 2. The summed E-state index contributed by atoms with van der Waals surface area (Å²) in [4.78, 5) is 23.4. The molecule has 0 spiro atoms. The van der Waals surface area contributed by atoms with Gasteiger partial charge in [-0.1, -0.05) is 24.9 Å². The predicted molar refractivity (Wildman–Crippen MR) is 87.4 cm³/mol. The third-order valence-electron chi connectivity index (χ3n) is 2.86. The molecule has 0 unspecified atom stereocenters. The average molecular weight is 326 g/mol. The minimum absolute atomic E-state index is 0.342. The molecule has 0 fully saturated rings. The van der Waals surface area contributed by atoms with Gasteiger partial charge in [-0.2, -0.15) is 5.10 Å². The van der Waals surface area contributed by atoms with Gasteiger partial charge in [-0.25, -0.2) is 5.43 Å². The van der Waals surface area contributed by atoms with Gasteiger partial charge in [0.25, 0.3) is 0 Å². The molecule has 0 bridgehead atoms. The number of rotatable bonds is 6. The van der Waals surface area contributed by atoms with Gasteiger partial charge < -0.3 is 10.1 Å². The SMILES string of the molecule is CCCC/C(C)=N\NC(=O)C(=O)Nc1ccc(OC)c(Cl)c1.